The molecular weight excluding hydrogens is 276 g/mol. The third kappa shape index (κ3) is 3.67. The summed E-state index contributed by atoms with van der Waals surface area (Å²) in [4.78, 5) is 14.3. The van der Waals surface area contributed by atoms with E-state index in [4.69, 9.17) is 16.3 Å². The van der Waals surface area contributed by atoms with E-state index in [-0.39, 0.29) is 11.8 Å². The van der Waals surface area contributed by atoms with Gasteiger partial charge in [-0.15, -0.1) is 11.6 Å². The second-order valence-corrected chi connectivity index (χ2v) is 4.87. The second-order valence-electron chi connectivity index (χ2n) is 4.60. The van der Waals surface area contributed by atoms with E-state index in [0.717, 1.165) is 41.7 Å². The maximum Gasteiger partial charge on any atom is 0.234 e. The number of ether oxygens (including phenoxy) is 1. The number of carbonyl (C=O) groups excluding carboxylic acids is 1. The van der Waals surface area contributed by atoms with Crippen molar-refractivity contribution in [3.63, 3.8) is 0 Å². The predicted octanol–water partition coefficient (Wildman–Crippen LogP) is 2.85. The van der Waals surface area contributed by atoms with E-state index in [1.165, 1.54) is 0 Å². The van der Waals surface area contributed by atoms with Gasteiger partial charge in [0.2, 0.25) is 5.91 Å². The molecule has 1 aromatic heterocycles. The van der Waals surface area contributed by atoms with Gasteiger partial charge < -0.3 is 15.0 Å². The highest BCUT2D eigenvalue weighted by Gasteiger charge is 2.06. The summed E-state index contributed by atoms with van der Waals surface area (Å²) in [6.45, 7) is 3.38. The molecule has 2 aromatic rings. The quantitative estimate of drug-likeness (QED) is 0.772. The van der Waals surface area contributed by atoms with Crippen LogP contribution in [0.5, 0.6) is 5.75 Å². The van der Waals surface area contributed by atoms with Gasteiger partial charge in [-0.1, -0.05) is 6.92 Å². The third-order valence-electron chi connectivity index (χ3n) is 3.05. The van der Waals surface area contributed by atoms with Gasteiger partial charge in [-0.2, -0.15) is 0 Å². The van der Waals surface area contributed by atoms with Gasteiger partial charge >= 0.3 is 0 Å². The van der Waals surface area contributed by atoms with Gasteiger partial charge in [0, 0.05) is 23.6 Å². The number of fused-ring (bicyclic) bond motifs is 1. The third-order valence-corrected chi connectivity index (χ3v) is 3.29. The van der Waals surface area contributed by atoms with Crippen LogP contribution in [0, 0.1) is 0 Å². The molecule has 0 unspecified atom stereocenters. The Hall–Kier alpha value is -1.68. The van der Waals surface area contributed by atoms with Gasteiger partial charge in [-0.3, -0.25) is 4.79 Å². The first-order valence-corrected chi connectivity index (χ1v) is 7.33. The molecular formula is C15H19ClN2O2. The Kier molecular flexibility index (Phi) is 5.30. The zero-order valence-corrected chi connectivity index (χ0v) is 12.3. The summed E-state index contributed by atoms with van der Waals surface area (Å²) in [7, 11) is 0. The SMILES string of the molecule is CCCOc1ccc2[nH]cc(CCNC(=O)CCl)c2c1. The maximum atomic E-state index is 11.1. The molecule has 2 N–H and O–H groups in total. The summed E-state index contributed by atoms with van der Waals surface area (Å²) in [6.07, 6.45) is 3.73. The van der Waals surface area contributed by atoms with Crippen LogP contribution in [0.4, 0.5) is 0 Å². The zero-order valence-electron chi connectivity index (χ0n) is 11.5. The van der Waals surface area contributed by atoms with Crippen LogP contribution in [0.25, 0.3) is 10.9 Å². The molecule has 0 aliphatic carbocycles. The molecule has 0 spiro atoms. The Balaban J connectivity index is 2.06. The summed E-state index contributed by atoms with van der Waals surface area (Å²) in [5.74, 6) is 0.742. The number of benzene rings is 1. The molecule has 1 aromatic carbocycles. The molecule has 0 saturated heterocycles. The molecule has 0 radical (unpaired) electrons. The van der Waals surface area contributed by atoms with E-state index in [1.807, 2.05) is 24.4 Å². The molecule has 0 fully saturated rings. The van der Waals surface area contributed by atoms with Crippen LogP contribution in [0.15, 0.2) is 24.4 Å². The molecule has 20 heavy (non-hydrogen) atoms. The number of amides is 1. The number of rotatable bonds is 7. The molecule has 0 aliphatic rings. The largest absolute Gasteiger partial charge is 0.494 e. The van der Waals surface area contributed by atoms with Gasteiger partial charge in [0.1, 0.15) is 11.6 Å². The molecule has 2 rings (SSSR count). The van der Waals surface area contributed by atoms with Crippen molar-refractivity contribution < 1.29 is 9.53 Å². The Morgan fingerprint density at radius 2 is 2.30 bits per heavy atom. The minimum atomic E-state index is -0.140. The molecule has 1 heterocycles. The number of halogens is 1. The van der Waals surface area contributed by atoms with E-state index in [2.05, 4.69) is 17.2 Å². The topological polar surface area (TPSA) is 54.1 Å². The monoisotopic (exact) mass is 294 g/mol. The maximum absolute atomic E-state index is 11.1. The van der Waals surface area contributed by atoms with Crippen molar-refractivity contribution in [3.05, 3.63) is 30.0 Å². The lowest BCUT2D eigenvalue weighted by Gasteiger charge is -2.06. The van der Waals surface area contributed by atoms with Crippen molar-refractivity contribution in [2.24, 2.45) is 0 Å². The highest BCUT2D eigenvalue weighted by Crippen LogP contribution is 2.24. The second kappa shape index (κ2) is 7.20. The number of alkyl halides is 1. The van der Waals surface area contributed by atoms with Gasteiger partial charge in [0.15, 0.2) is 0 Å². The molecule has 0 bridgehead atoms. The van der Waals surface area contributed by atoms with Crippen LogP contribution in [0.1, 0.15) is 18.9 Å². The average molecular weight is 295 g/mol. The Morgan fingerprint density at radius 3 is 3.05 bits per heavy atom. The first-order valence-electron chi connectivity index (χ1n) is 6.80. The van der Waals surface area contributed by atoms with Crippen LogP contribution in [0.2, 0.25) is 0 Å². The van der Waals surface area contributed by atoms with Crippen molar-refractivity contribution in [1.82, 2.24) is 10.3 Å². The number of hydrogen-bond acceptors (Lipinski definition) is 2. The normalized spacial score (nSPS) is 10.7. The lowest BCUT2D eigenvalue weighted by molar-refractivity contribution is -0.118. The van der Waals surface area contributed by atoms with Crippen molar-refractivity contribution >= 4 is 28.4 Å². The summed E-state index contributed by atoms with van der Waals surface area (Å²) in [5, 5.41) is 3.91. The molecule has 0 atom stereocenters. The summed E-state index contributed by atoms with van der Waals surface area (Å²) >= 11 is 5.44. The number of nitrogens with one attached hydrogen (secondary N) is 2. The van der Waals surface area contributed by atoms with Crippen LogP contribution >= 0.6 is 11.6 Å². The van der Waals surface area contributed by atoms with Gasteiger partial charge in [-0.05, 0) is 36.6 Å². The van der Waals surface area contributed by atoms with Crippen molar-refractivity contribution in [2.75, 3.05) is 19.0 Å². The lowest BCUT2D eigenvalue weighted by Crippen LogP contribution is -2.26. The standard InChI is InChI=1S/C15H19ClN2O2/c1-2-7-20-12-3-4-14-13(8-12)11(10-18-14)5-6-17-15(19)9-16/h3-4,8,10,18H,2,5-7,9H2,1H3,(H,17,19). The van der Waals surface area contributed by atoms with E-state index in [9.17, 15) is 4.79 Å². The van der Waals surface area contributed by atoms with Gasteiger partial charge in [0.25, 0.3) is 0 Å². The van der Waals surface area contributed by atoms with Gasteiger partial charge in [-0.25, -0.2) is 0 Å². The number of aromatic amines is 1. The minimum Gasteiger partial charge on any atom is -0.494 e. The first kappa shape index (κ1) is 14.7. The minimum absolute atomic E-state index is 0.00287. The summed E-state index contributed by atoms with van der Waals surface area (Å²) in [5.41, 5.74) is 2.24. The van der Waals surface area contributed by atoms with E-state index < -0.39 is 0 Å². The average Bonchev–Trinajstić information content (AvgIpc) is 2.87. The van der Waals surface area contributed by atoms with Crippen molar-refractivity contribution in [3.8, 4) is 5.75 Å². The summed E-state index contributed by atoms with van der Waals surface area (Å²) in [6, 6.07) is 6.02. The number of carbonyl (C=O) groups is 1. The fourth-order valence-corrected chi connectivity index (χ4v) is 2.15. The molecule has 1 amide bonds. The highest BCUT2D eigenvalue weighted by molar-refractivity contribution is 6.27. The van der Waals surface area contributed by atoms with Crippen LogP contribution in [0.3, 0.4) is 0 Å². The lowest BCUT2D eigenvalue weighted by atomic mass is 10.1. The first-order chi connectivity index (χ1) is 9.74. The van der Waals surface area contributed by atoms with Crippen molar-refractivity contribution in [1.29, 1.82) is 0 Å². The van der Waals surface area contributed by atoms with Crippen LogP contribution in [-0.2, 0) is 11.2 Å². The predicted molar refractivity (Wildman–Crippen MR) is 81.5 cm³/mol. The van der Waals surface area contributed by atoms with E-state index in [1.54, 1.807) is 0 Å². The summed E-state index contributed by atoms with van der Waals surface area (Å²) < 4.78 is 5.65. The number of hydrogen-bond donors (Lipinski definition) is 2. The number of aromatic nitrogens is 1. The smallest absolute Gasteiger partial charge is 0.234 e. The molecule has 0 aliphatic heterocycles. The fourth-order valence-electron chi connectivity index (χ4n) is 2.06. The molecule has 5 heteroatoms. The fraction of sp³-hybridized carbons (Fsp3) is 0.400. The van der Waals surface area contributed by atoms with Crippen LogP contribution in [-0.4, -0.2) is 29.9 Å². The highest BCUT2D eigenvalue weighted by atomic mass is 35.5. The van der Waals surface area contributed by atoms with Crippen LogP contribution < -0.4 is 10.1 Å². The Bertz CT molecular complexity index is 580. The molecule has 108 valence electrons. The van der Waals surface area contributed by atoms with E-state index >= 15 is 0 Å². The zero-order chi connectivity index (χ0) is 14.4. The van der Waals surface area contributed by atoms with Gasteiger partial charge in [0.05, 0.1) is 6.61 Å². The molecule has 0 saturated carbocycles. The van der Waals surface area contributed by atoms with Crippen molar-refractivity contribution in [2.45, 2.75) is 19.8 Å². The molecule has 4 nitrogen and oxygen atoms in total. The Morgan fingerprint density at radius 1 is 1.45 bits per heavy atom. The van der Waals surface area contributed by atoms with E-state index in [0.29, 0.717) is 6.54 Å². The number of H-pyrrole nitrogens is 1. The Labute approximate surface area is 123 Å².